The Bertz CT molecular complexity index is 379. The van der Waals surface area contributed by atoms with E-state index < -0.39 is 0 Å². The number of fused-ring (bicyclic) bond motifs is 1. The van der Waals surface area contributed by atoms with Crippen molar-refractivity contribution in [2.24, 2.45) is 23.2 Å². The van der Waals surface area contributed by atoms with Crippen molar-refractivity contribution in [1.82, 2.24) is 10.2 Å². The Morgan fingerprint density at radius 3 is 2.43 bits per heavy atom. The summed E-state index contributed by atoms with van der Waals surface area (Å²) in [6.45, 7) is 10.2. The highest BCUT2D eigenvalue weighted by Crippen LogP contribution is 2.41. The number of hydrogen-bond acceptors (Lipinski definition) is 2. The van der Waals surface area contributed by atoms with E-state index in [4.69, 9.17) is 0 Å². The summed E-state index contributed by atoms with van der Waals surface area (Å²) in [5.41, 5.74) is 0.402. The van der Waals surface area contributed by atoms with E-state index in [0.29, 0.717) is 29.2 Å². The molecular weight excluding hydrogens is 260 g/mol. The number of carbonyl (C=O) groups is 1. The van der Waals surface area contributed by atoms with Crippen LogP contribution in [0.2, 0.25) is 0 Å². The molecule has 0 aromatic heterocycles. The van der Waals surface area contributed by atoms with Gasteiger partial charge in [-0.25, -0.2) is 0 Å². The van der Waals surface area contributed by atoms with E-state index in [1.165, 1.54) is 25.7 Å². The smallest absolute Gasteiger partial charge is 0.225 e. The summed E-state index contributed by atoms with van der Waals surface area (Å²) in [6.07, 6.45) is 7.20. The van der Waals surface area contributed by atoms with Gasteiger partial charge in [-0.2, -0.15) is 0 Å². The molecule has 120 valence electrons. The predicted molar refractivity (Wildman–Crippen MR) is 86.0 cm³/mol. The zero-order valence-electron chi connectivity index (χ0n) is 14.0. The zero-order chi connectivity index (χ0) is 15.0. The van der Waals surface area contributed by atoms with Gasteiger partial charge in [0.2, 0.25) is 5.91 Å². The first-order chi connectivity index (χ1) is 9.97. The first-order valence-corrected chi connectivity index (χ1v) is 8.98. The molecule has 21 heavy (non-hydrogen) atoms. The Hall–Kier alpha value is -0.570. The van der Waals surface area contributed by atoms with E-state index in [1.54, 1.807) is 0 Å². The van der Waals surface area contributed by atoms with Crippen molar-refractivity contribution in [3.05, 3.63) is 0 Å². The Labute approximate surface area is 129 Å². The highest BCUT2D eigenvalue weighted by molar-refractivity contribution is 5.79. The van der Waals surface area contributed by atoms with Gasteiger partial charge in [0.1, 0.15) is 0 Å². The molecule has 0 aromatic carbocycles. The van der Waals surface area contributed by atoms with Crippen molar-refractivity contribution < 1.29 is 4.79 Å². The third kappa shape index (κ3) is 3.13. The molecule has 1 amide bonds. The standard InChI is InChI=1S/C18H32N2O/c1-18(2,3)15-8-6-13(7-9-15)17(21)20-10-4-5-14-11-19-12-16(14)20/h13-16,19H,4-12H2,1-3H3. The average Bonchev–Trinajstić information content (AvgIpc) is 2.94. The van der Waals surface area contributed by atoms with Gasteiger partial charge >= 0.3 is 0 Å². The molecule has 2 unspecified atom stereocenters. The lowest BCUT2D eigenvalue weighted by Crippen LogP contribution is -2.51. The molecule has 2 saturated heterocycles. The molecule has 1 saturated carbocycles. The second-order valence-corrected chi connectivity index (χ2v) is 8.57. The van der Waals surface area contributed by atoms with E-state index in [-0.39, 0.29) is 0 Å². The molecular formula is C18H32N2O. The van der Waals surface area contributed by atoms with Crippen LogP contribution in [0.1, 0.15) is 59.3 Å². The van der Waals surface area contributed by atoms with Gasteiger partial charge in [-0.3, -0.25) is 4.79 Å². The molecule has 1 aliphatic carbocycles. The molecule has 2 aliphatic heterocycles. The molecule has 2 atom stereocenters. The summed E-state index contributed by atoms with van der Waals surface area (Å²) < 4.78 is 0. The summed E-state index contributed by atoms with van der Waals surface area (Å²) >= 11 is 0. The minimum Gasteiger partial charge on any atom is -0.338 e. The normalized spacial score (nSPS) is 37.4. The topological polar surface area (TPSA) is 32.3 Å². The van der Waals surface area contributed by atoms with Gasteiger partial charge in [0.05, 0.1) is 0 Å². The number of piperidine rings is 1. The molecule has 2 heterocycles. The molecule has 3 nitrogen and oxygen atoms in total. The van der Waals surface area contributed by atoms with Crippen LogP contribution in [-0.4, -0.2) is 36.5 Å². The molecule has 3 fully saturated rings. The van der Waals surface area contributed by atoms with Gasteiger partial charge in [0.25, 0.3) is 0 Å². The van der Waals surface area contributed by atoms with E-state index >= 15 is 0 Å². The number of likely N-dealkylation sites (tertiary alicyclic amines) is 1. The highest BCUT2D eigenvalue weighted by atomic mass is 16.2. The van der Waals surface area contributed by atoms with Crippen LogP contribution in [0.5, 0.6) is 0 Å². The molecule has 3 aliphatic rings. The number of nitrogens with one attached hydrogen (secondary N) is 1. The molecule has 3 rings (SSSR count). The van der Waals surface area contributed by atoms with Crippen LogP contribution in [-0.2, 0) is 4.79 Å². The second kappa shape index (κ2) is 5.91. The van der Waals surface area contributed by atoms with Crippen molar-refractivity contribution >= 4 is 5.91 Å². The zero-order valence-corrected chi connectivity index (χ0v) is 14.0. The lowest BCUT2D eigenvalue weighted by atomic mass is 9.69. The Balaban J connectivity index is 1.59. The lowest BCUT2D eigenvalue weighted by molar-refractivity contribution is -0.141. The molecule has 3 heteroatoms. The third-order valence-corrected chi connectivity index (χ3v) is 6.26. The molecule has 0 radical (unpaired) electrons. The molecule has 0 bridgehead atoms. The fraction of sp³-hybridized carbons (Fsp3) is 0.944. The molecule has 0 spiro atoms. The summed E-state index contributed by atoms with van der Waals surface area (Å²) in [6, 6.07) is 0.492. The first-order valence-electron chi connectivity index (χ1n) is 8.98. The van der Waals surface area contributed by atoms with Crippen molar-refractivity contribution in [2.45, 2.75) is 65.3 Å². The number of hydrogen-bond donors (Lipinski definition) is 1. The Morgan fingerprint density at radius 2 is 1.76 bits per heavy atom. The Kier molecular flexibility index (Phi) is 4.31. The quantitative estimate of drug-likeness (QED) is 0.805. The van der Waals surface area contributed by atoms with Crippen molar-refractivity contribution in [3.63, 3.8) is 0 Å². The summed E-state index contributed by atoms with van der Waals surface area (Å²) in [5, 5.41) is 3.49. The number of carbonyl (C=O) groups excluding carboxylic acids is 1. The minimum atomic E-state index is 0.308. The fourth-order valence-electron chi connectivity index (χ4n) is 4.78. The van der Waals surface area contributed by atoms with E-state index in [9.17, 15) is 4.79 Å². The van der Waals surface area contributed by atoms with Gasteiger partial charge in [-0.15, -0.1) is 0 Å². The monoisotopic (exact) mass is 292 g/mol. The molecule has 1 N–H and O–H groups in total. The second-order valence-electron chi connectivity index (χ2n) is 8.57. The minimum absolute atomic E-state index is 0.308. The van der Waals surface area contributed by atoms with Crippen LogP contribution in [0.3, 0.4) is 0 Å². The van der Waals surface area contributed by atoms with Crippen molar-refractivity contribution in [1.29, 1.82) is 0 Å². The van der Waals surface area contributed by atoms with Crippen LogP contribution in [0.25, 0.3) is 0 Å². The Morgan fingerprint density at radius 1 is 1.05 bits per heavy atom. The fourth-order valence-corrected chi connectivity index (χ4v) is 4.78. The van der Waals surface area contributed by atoms with Crippen LogP contribution >= 0.6 is 0 Å². The maximum Gasteiger partial charge on any atom is 0.225 e. The summed E-state index contributed by atoms with van der Waals surface area (Å²) in [5.74, 6) is 2.29. The molecule has 0 aromatic rings. The maximum absolute atomic E-state index is 13.0. The van der Waals surface area contributed by atoms with Crippen LogP contribution < -0.4 is 5.32 Å². The highest BCUT2D eigenvalue weighted by Gasteiger charge is 2.40. The van der Waals surface area contributed by atoms with E-state index in [1.807, 2.05) is 0 Å². The number of rotatable bonds is 1. The first kappa shape index (κ1) is 15.3. The van der Waals surface area contributed by atoms with Gasteiger partial charge in [-0.1, -0.05) is 20.8 Å². The lowest BCUT2D eigenvalue weighted by Gasteiger charge is -2.42. The third-order valence-electron chi connectivity index (χ3n) is 6.26. The van der Waals surface area contributed by atoms with E-state index in [0.717, 1.165) is 38.4 Å². The van der Waals surface area contributed by atoms with Gasteiger partial charge in [-0.05, 0) is 55.8 Å². The largest absolute Gasteiger partial charge is 0.338 e. The number of nitrogens with zero attached hydrogens (tertiary/aromatic N) is 1. The average molecular weight is 292 g/mol. The van der Waals surface area contributed by atoms with Crippen molar-refractivity contribution in [3.8, 4) is 0 Å². The predicted octanol–water partition coefficient (Wildman–Crippen LogP) is 3.05. The van der Waals surface area contributed by atoms with Gasteiger partial charge in [0, 0.05) is 31.6 Å². The number of amides is 1. The SMILES string of the molecule is CC(C)(C)C1CCC(C(=O)N2CCCC3CNCC32)CC1. The van der Waals surface area contributed by atoms with Crippen LogP contribution in [0.15, 0.2) is 0 Å². The summed E-state index contributed by atoms with van der Waals surface area (Å²) in [4.78, 5) is 15.2. The van der Waals surface area contributed by atoms with Crippen molar-refractivity contribution in [2.75, 3.05) is 19.6 Å². The van der Waals surface area contributed by atoms with Crippen LogP contribution in [0.4, 0.5) is 0 Å². The van der Waals surface area contributed by atoms with E-state index in [2.05, 4.69) is 31.0 Å². The van der Waals surface area contributed by atoms with Gasteiger partial charge < -0.3 is 10.2 Å². The van der Waals surface area contributed by atoms with Crippen LogP contribution in [0, 0.1) is 23.2 Å². The maximum atomic E-state index is 13.0. The van der Waals surface area contributed by atoms with Gasteiger partial charge in [0.15, 0.2) is 0 Å². The summed E-state index contributed by atoms with van der Waals surface area (Å²) in [7, 11) is 0.